The highest BCUT2D eigenvalue weighted by atomic mass is 32.2. The minimum atomic E-state index is 0.842. The van der Waals surface area contributed by atoms with Crippen LogP contribution < -0.4 is 0 Å². The van der Waals surface area contributed by atoms with E-state index in [4.69, 9.17) is 0 Å². The Balaban J connectivity index is 2.42. The zero-order chi connectivity index (χ0) is 9.80. The van der Waals surface area contributed by atoms with Crippen molar-refractivity contribution < 1.29 is 0 Å². The quantitative estimate of drug-likeness (QED) is 0.836. The lowest BCUT2D eigenvalue weighted by Crippen LogP contribution is -1.92. The summed E-state index contributed by atoms with van der Waals surface area (Å²) in [6, 6.07) is 4.04. The average Bonchev–Trinajstić information content (AvgIpc) is 2.72. The first kappa shape index (κ1) is 9.27. The van der Waals surface area contributed by atoms with Crippen molar-refractivity contribution in [1.82, 2.24) is 15.0 Å². The molecule has 0 amide bonds. The van der Waals surface area contributed by atoms with Gasteiger partial charge in [-0.1, -0.05) is 6.07 Å². The Bertz CT molecular complexity index is 398. The van der Waals surface area contributed by atoms with Crippen molar-refractivity contribution in [2.45, 2.75) is 5.75 Å². The van der Waals surface area contributed by atoms with E-state index in [1.807, 2.05) is 12.3 Å². The van der Waals surface area contributed by atoms with E-state index in [9.17, 15) is 0 Å². The molecule has 2 heterocycles. The van der Waals surface area contributed by atoms with Gasteiger partial charge in [-0.3, -0.25) is 4.98 Å². The van der Waals surface area contributed by atoms with Gasteiger partial charge in [-0.15, -0.1) is 0 Å². The van der Waals surface area contributed by atoms with Gasteiger partial charge in [0.2, 0.25) is 0 Å². The van der Waals surface area contributed by atoms with E-state index in [-0.39, 0.29) is 0 Å². The van der Waals surface area contributed by atoms with Crippen molar-refractivity contribution in [3.63, 3.8) is 0 Å². The highest BCUT2D eigenvalue weighted by molar-refractivity contribution is 7.97. The van der Waals surface area contributed by atoms with Crippen LogP contribution in [0.15, 0.2) is 30.7 Å². The molecule has 0 spiro atoms. The highest BCUT2D eigenvalue weighted by Crippen LogP contribution is 2.20. The van der Waals surface area contributed by atoms with Crippen LogP contribution in [0.5, 0.6) is 0 Å². The van der Waals surface area contributed by atoms with E-state index in [1.54, 1.807) is 24.2 Å². The number of pyridine rings is 1. The second-order valence-electron chi connectivity index (χ2n) is 2.88. The lowest BCUT2D eigenvalue weighted by Gasteiger charge is -2.03. The summed E-state index contributed by atoms with van der Waals surface area (Å²) in [5.41, 5.74) is 2.17. The van der Waals surface area contributed by atoms with E-state index in [2.05, 4.69) is 27.3 Å². The number of hydrogen-bond donors (Lipinski definition) is 1. The molecule has 1 N–H and O–H groups in total. The number of aromatic amines is 1. The summed E-state index contributed by atoms with van der Waals surface area (Å²) in [5.74, 6) is 1.80. The normalized spacial score (nSPS) is 10.4. The fourth-order valence-electron chi connectivity index (χ4n) is 1.32. The van der Waals surface area contributed by atoms with Crippen molar-refractivity contribution in [3.8, 4) is 11.5 Å². The first-order valence-corrected chi connectivity index (χ1v) is 5.74. The SMILES string of the molecule is CSCc1cccnc1-c1ncc[nH]1. The van der Waals surface area contributed by atoms with Crippen molar-refractivity contribution in [2.75, 3.05) is 6.26 Å². The number of nitrogens with zero attached hydrogens (tertiary/aromatic N) is 2. The molecule has 0 bridgehead atoms. The van der Waals surface area contributed by atoms with Crippen LogP contribution in [-0.2, 0) is 5.75 Å². The van der Waals surface area contributed by atoms with Crippen LogP contribution >= 0.6 is 11.8 Å². The largest absolute Gasteiger partial charge is 0.343 e. The third-order valence-corrected chi connectivity index (χ3v) is 2.51. The molecule has 0 aliphatic rings. The molecule has 2 aromatic heterocycles. The van der Waals surface area contributed by atoms with Gasteiger partial charge in [0, 0.05) is 24.3 Å². The van der Waals surface area contributed by atoms with Crippen molar-refractivity contribution in [1.29, 1.82) is 0 Å². The lowest BCUT2D eigenvalue weighted by molar-refractivity contribution is 1.18. The van der Waals surface area contributed by atoms with Gasteiger partial charge in [0.15, 0.2) is 5.82 Å². The maximum Gasteiger partial charge on any atom is 0.156 e. The molecular weight excluding hydrogens is 194 g/mol. The van der Waals surface area contributed by atoms with Crippen molar-refractivity contribution in [2.24, 2.45) is 0 Å². The summed E-state index contributed by atoms with van der Waals surface area (Å²) >= 11 is 1.78. The van der Waals surface area contributed by atoms with E-state index in [0.29, 0.717) is 0 Å². The fourth-order valence-corrected chi connectivity index (χ4v) is 1.86. The number of thioether (sulfide) groups is 1. The number of H-pyrrole nitrogens is 1. The van der Waals surface area contributed by atoms with Gasteiger partial charge >= 0.3 is 0 Å². The van der Waals surface area contributed by atoms with Gasteiger partial charge in [0.1, 0.15) is 5.69 Å². The maximum absolute atomic E-state index is 4.33. The molecule has 3 nitrogen and oxygen atoms in total. The molecule has 0 fully saturated rings. The van der Waals surface area contributed by atoms with E-state index in [1.165, 1.54) is 5.56 Å². The third kappa shape index (κ3) is 1.80. The Morgan fingerprint density at radius 3 is 3.00 bits per heavy atom. The minimum Gasteiger partial charge on any atom is -0.343 e. The summed E-state index contributed by atoms with van der Waals surface area (Å²) in [6.07, 6.45) is 7.43. The van der Waals surface area contributed by atoms with Crippen LogP contribution in [0.3, 0.4) is 0 Å². The summed E-state index contributed by atoms with van der Waals surface area (Å²) in [7, 11) is 0. The zero-order valence-corrected chi connectivity index (χ0v) is 8.71. The van der Waals surface area contributed by atoms with Crippen LogP contribution in [0, 0.1) is 0 Å². The molecule has 0 aliphatic heterocycles. The second kappa shape index (κ2) is 4.28. The summed E-state index contributed by atoms with van der Waals surface area (Å²) < 4.78 is 0. The van der Waals surface area contributed by atoms with Gasteiger partial charge in [-0.2, -0.15) is 11.8 Å². The zero-order valence-electron chi connectivity index (χ0n) is 7.90. The molecule has 0 aliphatic carbocycles. The van der Waals surface area contributed by atoms with Gasteiger partial charge < -0.3 is 4.98 Å². The number of aromatic nitrogens is 3. The molecule has 0 saturated carbocycles. The fraction of sp³-hybridized carbons (Fsp3) is 0.200. The maximum atomic E-state index is 4.33. The molecule has 0 radical (unpaired) electrons. The topological polar surface area (TPSA) is 41.6 Å². The molecule has 4 heteroatoms. The molecule has 0 saturated heterocycles. The van der Waals surface area contributed by atoms with Crippen molar-refractivity contribution >= 4 is 11.8 Å². The van der Waals surface area contributed by atoms with Crippen molar-refractivity contribution in [3.05, 3.63) is 36.3 Å². The Morgan fingerprint density at radius 1 is 1.36 bits per heavy atom. The van der Waals surface area contributed by atoms with Gasteiger partial charge in [-0.25, -0.2) is 4.98 Å². The van der Waals surface area contributed by atoms with Crippen LogP contribution in [-0.4, -0.2) is 21.2 Å². The van der Waals surface area contributed by atoms with Gasteiger partial charge in [-0.05, 0) is 17.9 Å². The van der Waals surface area contributed by atoms with E-state index in [0.717, 1.165) is 17.3 Å². The van der Waals surface area contributed by atoms with Gasteiger partial charge in [0.25, 0.3) is 0 Å². The summed E-state index contributed by atoms with van der Waals surface area (Å²) in [5, 5.41) is 0. The molecule has 2 aromatic rings. The van der Waals surface area contributed by atoms with Gasteiger partial charge in [0.05, 0.1) is 0 Å². The summed E-state index contributed by atoms with van der Waals surface area (Å²) in [4.78, 5) is 11.6. The Hall–Kier alpha value is -1.29. The predicted molar refractivity (Wildman–Crippen MR) is 59.0 cm³/mol. The molecule has 14 heavy (non-hydrogen) atoms. The second-order valence-corrected chi connectivity index (χ2v) is 3.75. The molecule has 0 atom stereocenters. The lowest BCUT2D eigenvalue weighted by atomic mass is 10.2. The molecule has 0 aromatic carbocycles. The summed E-state index contributed by atoms with van der Waals surface area (Å²) in [6.45, 7) is 0. The Labute approximate surface area is 87.0 Å². The average molecular weight is 205 g/mol. The van der Waals surface area contributed by atoms with Crippen LogP contribution in [0.2, 0.25) is 0 Å². The standard InChI is InChI=1S/C10H11N3S/c1-14-7-8-3-2-4-11-9(8)10-12-5-6-13-10/h2-6H,7H2,1H3,(H,12,13). The molecule has 72 valence electrons. The predicted octanol–water partition coefficient (Wildman–Crippen LogP) is 2.33. The highest BCUT2D eigenvalue weighted by Gasteiger charge is 2.06. The molecule has 0 unspecified atom stereocenters. The third-order valence-electron chi connectivity index (χ3n) is 1.91. The van der Waals surface area contributed by atoms with Crippen LogP contribution in [0.25, 0.3) is 11.5 Å². The molecular formula is C10H11N3S. The van der Waals surface area contributed by atoms with Crippen LogP contribution in [0.4, 0.5) is 0 Å². The Kier molecular flexibility index (Phi) is 2.84. The number of nitrogens with one attached hydrogen (secondary N) is 1. The number of imidazole rings is 1. The Morgan fingerprint density at radius 2 is 2.29 bits per heavy atom. The minimum absolute atomic E-state index is 0.842. The van der Waals surface area contributed by atoms with E-state index >= 15 is 0 Å². The first-order valence-electron chi connectivity index (χ1n) is 4.34. The number of rotatable bonds is 3. The number of hydrogen-bond acceptors (Lipinski definition) is 3. The molecule has 2 rings (SSSR count). The van der Waals surface area contributed by atoms with Crippen LogP contribution in [0.1, 0.15) is 5.56 Å². The van der Waals surface area contributed by atoms with E-state index < -0.39 is 0 Å². The first-order chi connectivity index (χ1) is 6.92. The smallest absolute Gasteiger partial charge is 0.156 e. The monoisotopic (exact) mass is 205 g/mol.